The van der Waals surface area contributed by atoms with Gasteiger partial charge in [-0.25, -0.2) is 0 Å². The molecule has 2 aromatic rings. The Bertz CT molecular complexity index is 353. The van der Waals surface area contributed by atoms with Crippen LogP contribution in [0.25, 0.3) is 0 Å². The molecule has 0 radical (unpaired) electrons. The van der Waals surface area contributed by atoms with Crippen LogP contribution in [0.15, 0.2) is 45.6 Å². The quantitative estimate of drug-likeness (QED) is 0.766. The molecule has 0 aromatic carbocycles. The summed E-state index contributed by atoms with van der Waals surface area (Å²) in [4.78, 5) is 0. The van der Waals surface area contributed by atoms with Crippen molar-refractivity contribution in [2.75, 3.05) is 6.61 Å². The number of hydrogen-bond acceptors (Lipinski definition) is 4. The molecule has 1 aliphatic heterocycles. The van der Waals surface area contributed by atoms with Gasteiger partial charge < -0.3 is 18.3 Å². The second-order valence-electron chi connectivity index (χ2n) is 3.80. The van der Waals surface area contributed by atoms with Gasteiger partial charge in [0.25, 0.3) is 0 Å². The van der Waals surface area contributed by atoms with Gasteiger partial charge in [-0.2, -0.15) is 0 Å². The lowest BCUT2D eigenvalue weighted by molar-refractivity contribution is 0.0803. The van der Waals surface area contributed by atoms with E-state index in [1.165, 1.54) is 0 Å². The third kappa shape index (κ3) is 4.89. The molecule has 4 heteroatoms. The molecule has 0 aliphatic carbocycles. The Morgan fingerprint density at radius 3 is 1.88 bits per heavy atom. The highest BCUT2D eigenvalue weighted by molar-refractivity contribution is 4.98. The van der Waals surface area contributed by atoms with Crippen molar-refractivity contribution < 1.29 is 18.3 Å². The maximum atomic E-state index is 5.33. The molecule has 1 aliphatic rings. The van der Waals surface area contributed by atoms with E-state index >= 15 is 0 Å². The van der Waals surface area contributed by atoms with Crippen molar-refractivity contribution in [2.45, 2.75) is 26.2 Å². The Kier molecular flexibility index (Phi) is 4.41. The molecule has 2 aromatic heterocycles. The van der Waals surface area contributed by atoms with Crippen LogP contribution in [0.3, 0.4) is 0 Å². The monoisotopic (exact) mass is 236 g/mol. The van der Waals surface area contributed by atoms with Gasteiger partial charge in [0.1, 0.15) is 24.7 Å². The summed E-state index contributed by atoms with van der Waals surface area (Å²) in [6, 6.07) is 7.43. The van der Waals surface area contributed by atoms with E-state index in [1.807, 2.05) is 24.3 Å². The van der Waals surface area contributed by atoms with Crippen LogP contribution in [0.5, 0.6) is 0 Å². The van der Waals surface area contributed by atoms with Gasteiger partial charge >= 0.3 is 0 Å². The predicted octanol–water partition coefficient (Wildman–Crippen LogP) is 2.99. The average molecular weight is 236 g/mol. The summed E-state index contributed by atoms with van der Waals surface area (Å²) >= 11 is 0. The zero-order valence-corrected chi connectivity index (χ0v) is 9.80. The smallest absolute Gasteiger partial charge is 0.129 e. The highest BCUT2D eigenvalue weighted by atomic mass is 16.6. The summed E-state index contributed by atoms with van der Waals surface area (Å²) in [6.07, 6.45) is 3.84. The lowest BCUT2D eigenvalue weighted by atomic mass is 10.4. The Balaban J connectivity index is 0.000000228. The fourth-order valence-corrected chi connectivity index (χ4v) is 1.14. The highest BCUT2D eigenvalue weighted by Crippen LogP contribution is 2.06. The topological polar surface area (TPSA) is 48.0 Å². The molecule has 0 amide bonds. The third-order valence-electron chi connectivity index (χ3n) is 2.15. The molecule has 1 atom stereocenters. The molecule has 0 bridgehead atoms. The first-order valence-corrected chi connectivity index (χ1v) is 5.58. The van der Waals surface area contributed by atoms with Gasteiger partial charge in [0.15, 0.2) is 0 Å². The molecule has 4 nitrogen and oxygen atoms in total. The van der Waals surface area contributed by atoms with Crippen molar-refractivity contribution in [1.29, 1.82) is 0 Å². The Morgan fingerprint density at radius 2 is 1.59 bits per heavy atom. The molecular formula is C13H16O4. The van der Waals surface area contributed by atoms with Gasteiger partial charge in [-0.05, 0) is 31.2 Å². The maximum absolute atomic E-state index is 5.33. The van der Waals surface area contributed by atoms with Crippen molar-refractivity contribution >= 4 is 0 Å². The van der Waals surface area contributed by atoms with Crippen molar-refractivity contribution in [3.8, 4) is 0 Å². The zero-order valence-electron chi connectivity index (χ0n) is 9.80. The molecule has 1 unspecified atom stereocenters. The van der Waals surface area contributed by atoms with Crippen LogP contribution in [0.4, 0.5) is 0 Å². The van der Waals surface area contributed by atoms with Gasteiger partial charge in [0.2, 0.25) is 0 Å². The first-order chi connectivity index (χ1) is 8.34. The van der Waals surface area contributed by atoms with Gasteiger partial charge in [-0.3, -0.25) is 0 Å². The third-order valence-corrected chi connectivity index (χ3v) is 2.15. The van der Waals surface area contributed by atoms with E-state index < -0.39 is 0 Å². The molecular weight excluding hydrogens is 220 g/mol. The normalized spacial score (nSPS) is 17.4. The van der Waals surface area contributed by atoms with Gasteiger partial charge in [-0.1, -0.05) is 0 Å². The van der Waals surface area contributed by atoms with Crippen molar-refractivity contribution in [3.63, 3.8) is 0 Å². The molecule has 92 valence electrons. The Morgan fingerprint density at radius 1 is 1.12 bits per heavy atom. The first kappa shape index (κ1) is 12.0. The number of ether oxygens (including phenoxy) is 2. The van der Waals surface area contributed by atoms with E-state index in [2.05, 4.69) is 6.92 Å². The summed E-state index contributed by atoms with van der Waals surface area (Å²) in [6.45, 7) is 4.00. The van der Waals surface area contributed by atoms with Gasteiger partial charge in [0.05, 0.1) is 25.2 Å². The van der Waals surface area contributed by atoms with Crippen molar-refractivity contribution in [3.05, 3.63) is 48.3 Å². The number of hydrogen-bond donors (Lipinski definition) is 0. The van der Waals surface area contributed by atoms with Gasteiger partial charge in [0, 0.05) is 0 Å². The summed E-state index contributed by atoms with van der Waals surface area (Å²) in [5, 5.41) is 0. The second-order valence-corrected chi connectivity index (χ2v) is 3.80. The first-order valence-electron chi connectivity index (χ1n) is 5.58. The summed E-state index contributed by atoms with van der Waals surface area (Å²) in [5.74, 6) is 1.65. The van der Waals surface area contributed by atoms with Crippen molar-refractivity contribution in [2.24, 2.45) is 0 Å². The second kappa shape index (κ2) is 6.27. The Hall–Kier alpha value is -1.52. The lowest BCUT2D eigenvalue weighted by Gasteiger charge is -1.98. The molecule has 17 heavy (non-hydrogen) atoms. The van der Waals surface area contributed by atoms with E-state index in [1.54, 1.807) is 12.5 Å². The number of furan rings is 2. The SMILES string of the molecule is CC1CO1.c1coc(COCc2ccco2)c1. The fourth-order valence-electron chi connectivity index (χ4n) is 1.14. The van der Waals surface area contributed by atoms with Gasteiger partial charge in [-0.15, -0.1) is 0 Å². The minimum Gasteiger partial charge on any atom is -0.467 e. The molecule has 3 heterocycles. The number of epoxide rings is 1. The largest absolute Gasteiger partial charge is 0.467 e. The molecule has 0 N–H and O–H groups in total. The minimum absolute atomic E-state index is 0.480. The Labute approximate surface area is 100 Å². The number of rotatable bonds is 4. The summed E-state index contributed by atoms with van der Waals surface area (Å²) < 4.78 is 20.2. The van der Waals surface area contributed by atoms with Crippen LogP contribution in [0.2, 0.25) is 0 Å². The van der Waals surface area contributed by atoms with Crippen LogP contribution in [0.1, 0.15) is 18.4 Å². The van der Waals surface area contributed by atoms with E-state index in [4.69, 9.17) is 18.3 Å². The molecule has 0 saturated carbocycles. The molecule has 1 fully saturated rings. The maximum Gasteiger partial charge on any atom is 0.129 e. The lowest BCUT2D eigenvalue weighted by Crippen LogP contribution is -1.90. The fraction of sp³-hybridized carbons (Fsp3) is 0.385. The minimum atomic E-state index is 0.480. The van der Waals surface area contributed by atoms with E-state index in [0.29, 0.717) is 19.3 Å². The van der Waals surface area contributed by atoms with Crippen LogP contribution in [0, 0.1) is 0 Å². The summed E-state index contributed by atoms with van der Waals surface area (Å²) in [7, 11) is 0. The van der Waals surface area contributed by atoms with E-state index in [9.17, 15) is 0 Å². The van der Waals surface area contributed by atoms with Crippen LogP contribution in [-0.2, 0) is 22.7 Å². The molecule has 0 spiro atoms. The molecule has 1 saturated heterocycles. The average Bonchev–Trinajstić information content (AvgIpc) is 2.86. The highest BCUT2D eigenvalue weighted by Gasteiger charge is 2.13. The zero-order chi connectivity index (χ0) is 11.9. The standard InChI is InChI=1S/C10H10O3.C3H6O/c1-3-9(12-5-1)7-11-8-10-4-2-6-13-10;1-3-2-4-3/h1-6H,7-8H2;3H,2H2,1H3. The predicted molar refractivity (Wildman–Crippen MR) is 61.3 cm³/mol. The summed E-state index contributed by atoms with van der Waals surface area (Å²) in [5.41, 5.74) is 0. The van der Waals surface area contributed by atoms with E-state index in [-0.39, 0.29) is 0 Å². The van der Waals surface area contributed by atoms with Crippen LogP contribution in [-0.4, -0.2) is 12.7 Å². The van der Waals surface area contributed by atoms with Crippen molar-refractivity contribution in [1.82, 2.24) is 0 Å². The van der Waals surface area contributed by atoms with Crippen LogP contribution >= 0.6 is 0 Å². The van der Waals surface area contributed by atoms with Crippen LogP contribution < -0.4 is 0 Å². The van der Waals surface area contributed by atoms with E-state index in [0.717, 1.165) is 18.1 Å². The molecule has 3 rings (SSSR count).